The van der Waals surface area contributed by atoms with Gasteiger partial charge in [-0.25, -0.2) is 4.79 Å². The van der Waals surface area contributed by atoms with Crippen LogP contribution >= 0.6 is 0 Å². The van der Waals surface area contributed by atoms with Gasteiger partial charge in [-0.1, -0.05) is 12.1 Å². The van der Waals surface area contributed by atoms with Gasteiger partial charge in [0.1, 0.15) is 6.10 Å². The van der Waals surface area contributed by atoms with Crippen molar-refractivity contribution in [2.24, 2.45) is 5.92 Å². The largest absolute Gasteiger partial charge is 0.479 e. The van der Waals surface area contributed by atoms with Crippen LogP contribution in [0.1, 0.15) is 24.8 Å². The fourth-order valence-corrected chi connectivity index (χ4v) is 3.01. The number of carbonyl (C=O) groups is 4. The van der Waals surface area contributed by atoms with Gasteiger partial charge in [0.15, 0.2) is 6.10 Å². The monoisotopic (exact) mass is 346 g/mol. The summed E-state index contributed by atoms with van der Waals surface area (Å²) in [5.74, 6) is -2.30. The summed E-state index contributed by atoms with van der Waals surface area (Å²) in [6.45, 7) is 0. The number of imide groups is 1. The summed E-state index contributed by atoms with van der Waals surface area (Å²) in [5, 5.41) is 13.8. The molecule has 0 saturated carbocycles. The second kappa shape index (κ2) is 7.02. The first-order valence-corrected chi connectivity index (χ1v) is 8.04. The van der Waals surface area contributed by atoms with Crippen molar-refractivity contribution < 1.29 is 29.0 Å². The second-order valence-electron chi connectivity index (χ2n) is 6.23. The van der Waals surface area contributed by atoms with Crippen molar-refractivity contribution in [3.63, 3.8) is 0 Å². The minimum atomic E-state index is -1.06. The molecule has 2 fully saturated rings. The Morgan fingerprint density at radius 2 is 1.84 bits per heavy atom. The summed E-state index contributed by atoms with van der Waals surface area (Å²) >= 11 is 0. The van der Waals surface area contributed by atoms with Crippen LogP contribution < -0.4 is 10.6 Å². The highest BCUT2D eigenvalue weighted by atomic mass is 16.5. The molecule has 132 valence electrons. The smallest absolute Gasteiger partial charge is 0.332 e. The SMILES string of the molecule is O=C1CC(Cc2ccc(NC(=O)[C@@H]3CC[C@H](C(=O)O)O3)cc2)C(=O)N1. The lowest BCUT2D eigenvalue weighted by molar-refractivity contribution is -0.151. The third-order valence-corrected chi connectivity index (χ3v) is 4.36. The first-order chi connectivity index (χ1) is 11.9. The van der Waals surface area contributed by atoms with Gasteiger partial charge in [-0.3, -0.25) is 19.7 Å². The molecule has 2 heterocycles. The predicted molar refractivity (Wildman–Crippen MR) is 85.6 cm³/mol. The molecular formula is C17H18N2O6. The standard InChI is InChI=1S/C17H18N2O6/c20-14-8-10(15(21)19-14)7-9-1-3-11(4-2-9)18-16(22)12-5-6-13(25-12)17(23)24/h1-4,10,12-13H,5-8H2,(H,18,22)(H,23,24)(H,19,20,21)/t10?,12-,13+/m0/s1. The number of carbonyl (C=O) groups excluding carboxylic acids is 3. The number of nitrogens with one attached hydrogen (secondary N) is 2. The molecule has 0 bridgehead atoms. The lowest BCUT2D eigenvalue weighted by Crippen LogP contribution is -2.29. The van der Waals surface area contributed by atoms with Crippen LogP contribution in [0.3, 0.4) is 0 Å². The second-order valence-corrected chi connectivity index (χ2v) is 6.23. The van der Waals surface area contributed by atoms with E-state index in [2.05, 4.69) is 10.6 Å². The van der Waals surface area contributed by atoms with E-state index in [0.29, 0.717) is 24.9 Å². The van der Waals surface area contributed by atoms with Crippen molar-refractivity contribution in [1.82, 2.24) is 5.32 Å². The molecule has 0 aliphatic carbocycles. The van der Waals surface area contributed by atoms with Crippen molar-refractivity contribution in [2.45, 2.75) is 37.9 Å². The summed E-state index contributed by atoms with van der Waals surface area (Å²) in [5.41, 5.74) is 1.44. The number of hydrogen-bond donors (Lipinski definition) is 3. The number of carboxylic acids is 1. The minimum Gasteiger partial charge on any atom is -0.479 e. The van der Waals surface area contributed by atoms with E-state index >= 15 is 0 Å². The highest BCUT2D eigenvalue weighted by Crippen LogP contribution is 2.22. The summed E-state index contributed by atoms with van der Waals surface area (Å²) < 4.78 is 5.20. The van der Waals surface area contributed by atoms with Crippen LogP contribution in [-0.4, -0.2) is 41.0 Å². The molecule has 8 nitrogen and oxygen atoms in total. The number of aliphatic carboxylic acids is 1. The van der Waals surface area contributed by atoms with Crippen molar-refractivity contribution in [3.8, 4) is 0 Å². The van der Waals surface area contributed by atoms with Crippen LogP contribution in [0.2, 0.25) is 0 Å². The van der Waals surface area contributed by atoms with Crippen molar-refractivity contribution in [1.29, 1.82) is 0 Å². The molecule has 3 amide bonds. The van der Waals surface area contributed by atoms with E-state index in [1.165, 1.54) is 0 Å². The van der Waals surface area contributed by atoms with Gasteiger partial charge in [-0.2, -0.15) is 0 Å². The van der Waals surface area contributed by atoms with Crippen molar-refractivity contribution in [3.05, 3.63) is 29.8 Å². The molecule has 3 atom stereocenters. The number of amides is 3. The Morgan fingerprint density at radius 3 is 2.40 bits per heavy atom. The molecule has 8 heteroatoms. The molecule has 25 heavy (non-hydrogen) atoms. The minimum absolute atomic E-state index is 0.196. The maximum absolute atomic E-state index is 12.1. The molecule has 1 aromatic carbocycles. The molecule has 0 spiro atoms. The molecule has 3 N–H and O–H groups in total. The van der Waals surface area contributed by atoms with Crippen LogP contribution in [0.5, 0.6) is 0 Å². The quantitative estimate of drug-likeness (QED) is 0.666. The van der Waals surface area contributed by atoms with Gasteiger partial charge in [0.25, 0.3) is 5.91 Å². The van der Waals surface area contributed by atoms with E-state index in [0.717, 1.165) is 5.56 Å². The van der Waals surface area contributed by atoms with Gasteiger partial charge in [-0.15, -0.1) is 0 Å². The first kappa shape index (κ1) is 17.1. The average Bonchev–Trinajstić information content (AvgIpc) is 3.17. The molecule has 1 aromatic rings. The zero-order chi connectivity index (χ0) is 18.0. The maximum atomic E-state index is 12.1. The van der Waals surface area contributed by atoms with E-state index in [4.69, 9.17) is 9.84 Å². The van der Waals surface area contributed by atoms with E-state index in [9.17, 15) is 19.2 Å². The Labute approximate surface area is 143 Å². The summed E-state index contributed by atoms with van der Waals surface area (Å²) in [6, 6.07) is 6.96. The summed E-state index contributed by atoms with van der Waals surface area (Å²) in [7, 11) is 0. The van der Waals surface area contributed by atoms with E-state index in [1.54, 1.807) is 24.3 Å². The molecular weight excluding hydrogens is 328 g/mol. The van der Waals surface area contributed by atoms with Crippen LogP contribution in [0.25, 0.3) is 0 Å². The predicted octanol–water partition coefficient (Wildman–Crippen LogP) is 0.462. The lowest BCUT2D eigenvalue weighted by Gasteiger charge is -2.12. The molecule has 2 aliphatic heterocycles. The van der Waals surface area contributed by atoms with Gasteiger partial charge >= 0.3 is 5.97 Å². The zero-order valence-corrected chi connectivity index (χ0v) is 13.4. The number of anilines is 1. The van der Waals surface area contributed by atoms with Gasteiger partial charge in [0, 0.05) is 12.1 Å². The third kappa shape index (κ3) is 4.03. The fraction of sp³-hybridized carbons (Fsp3) is 0.412. The molecule has 1 unspecified atom stereocenters. The Kier molecular flexibility index (Phi) is 4.80. The highest BCUT2D eigenvalue weighted by molar-refractivity contribution is 6.03. The van der Waals surface area contributed by atoms with Gasteiger partial charge in [0.2, 0.25) is 11.8 Å². The molecule has 0 aromatic heterocycles. The van der Waals surface area contributed by atoms with E-state index in [1.807, 2.05) is 0 Å². The van der Waals surface area contributed by atoms with Crippen LogP contribution in [0.15, 0.2) is 24.3 Å². The number of benzene rings is 1. The van der Waals surface area contributed by atoms with Crippen LogP contribution in [0.4, 0.5) is 5.69 Å². The molecule has 0 radical (unpaired) electrons. The van der Waals surface area contributed by atoms with Crippen LogP contribution in [0, 0.1) is 5.92 Å². The van der Waals surface area contributed by atoms with Gasteiger partial charge < -0.3 is 15.2 Å². The fourth-order valence-electron chi connectivity index (χ4n) is 3.01. The molecule has 3 rings (SSSR count). The van der Waals surface area contributed by atoms with Crippen molar-refractivity contribution >= 4 is 29.4 Å². The Hall–Kier alpha value is -2.74. The number of ether oxygens (including phenoxy) is 1. The van der Waals surface area contributed by atoms with Gasteiger partial charge in [0.05, 0.1) is 5.92 Å². The Morgan fingerprint density at radius 1 is 1.16 bits per heavy atom. The number of hydrogen-bond acceptors (Lipinski definition) is 5. The van der Waals surface area contributed by atoms with Crippen molar-refractivity contribution in [2.75, 3.05) is 5.32 Å². The Bertz CT molecular complexity index is 714. The average molecular weight is 346 g/mol. The maximum Gasteiger partial charge on any atom is 0.332 e. The number of rotatable bonds is 5. The van der Waals surface area contributed by atoms with E-state index in [-0.39, 0.29) is 30.1 Å². The normalized spacial score (nSPS) is 25.7. The first-order valence-electron chi connectivity index (χ1n) is 8.04. The Balaban J connectivity index is 1.54. The number of carboxylic acid groups (broad SMARTS) is 1. The third-order valence-electron chi connectivity index (χ3n) is 4.36. The summed E-state index contributed by atoms with van der Waals surface area (Å²) in [6.07, 6.45) is -0.369. The lowest BCUT2D eigenvalue weighted by atomic mass is 9.98. The summed E-state index contributed by atoms with van der Waals surface area (Å²) in [4.78, 5) is 45.7. The highest BCUT2D eigenvalue weighted by Gasteiger charge is 2.34. The van der Waals surface area contributed by atoms with E-state index < -0.39 is 18.2 Å². The molecule has 2 saturated heterocycles. The zero-order valence-electron chi connectivity index (χ0n) is 13.4. The molecule has 2 aliphatic rings. The van der Waals surface area contributed by atoms with Gasteiger partial charge in [-0.05, 0) is 37.0 Å². The topological polar surface area (TPSA) is 122 Å². The van der Waals surface area contributed by atoms with Crippen LogP contribution in [-0.2, 0) is 30.3 Å².